The van der Waals surface area contributed by atoms with Gasteiger partial charge in [-0.25, -0.2) is 4.79 Å². The average molecular weight is 442 g/mol. The molecule has 1 N–H and O–H groups in total. The number of likely N-dealkylation sites (tertiary alicyclic amines) is 1. The number of ether oxygens (including phenoxy) is 3. The van der Waals surface area contributed by atoms with E-state index in [4.69, 9.17) is 14.2 Å². The summed E-state index contributed by atoms with van der Waals surface area (Å²) >= 11 is 0. The van der Waals surface area contributed by atoms with Crippen LogP contribution in [-0.2, 0) is 0 Å². The van der Waals surface area contributed by atoms with Crippen LogP contribution in [0.4, 0.5) is 10.5 Å². The Bertz CT molecular complexity index is 885. The number of carbonyl (C=O) groups excluding carboxylic acids is 1. The lowest BCUT2D eigenvalue weighted by Crippen LogP contribution is -2.34. The highest BCUT2D eigenvalue weighted by Crippen LogP contribution is 2.39. The lowest BCUT2D eigenvalue weighted by Gasteiger charge is -2.27. The Morgan fingerprint density at radius 2 is 1.88 bits per heavy atom. The van der Waals surface area contributed by atoms with Crippen LogP contribution in [0.25, 0.3) is 0 Å². The number of nitrogens with zero attached hydrogens (tertiary/aromatic N) is 2. The standard InChI is InChI=1S/C25H35N3O4/c1-5-27(6-2)16-17-32-24-12-8-7-10-21(24)26-25(29)28-15-9-11-22(28)20-18-19(30-3)13-14-23(20)31-4/h7-8,10,12-14,18,22H,5-6,9,11,15-17H2,1-4H3,(H,26,29). The van der Waals surface area contributed by atoms with Crippen molar-refractivity contribution >= 4 is 11.7 Å². The molecule has 2 aromatic rings. The van der Waals surface area contributed by atoms with Gasteiger partial charge in [-0.1, -0.05) is 26.0 Å². The predicted molar refractivity (Wildman–Crippen MR) is 127 cm³/mol. The van der Waals surface area contributed by atoms with Gasteiger partial charge in [0.25, 0.3) is 0 Å². The number of rotatable bonds is 10. The summed E-state index contributed by atoms with van der Waals surface area (Å²) in [7, 11) is 3.29. The van der Waals surface area contributed by atoms with Gasteiger partial charge in [-0.05, 0) is 56.3 Å². The molecule has 1 unspecified atom stereocenters. The molecule has 0 radical (unpaired) electrons. The maximum atomic E-state index is 13.3. The minimum Gasteiger partial charge on any atom is -0.497 e. The molecule has 1 fully saturated rings. The van der Waals surface area contributed by atoms with Crippen molar-refractivity contribution in [2.75, 3.05) is 52.3 Å². The molecule has 1 atom stereocenters. The molecule has 1 heterocycles. The van der Waals surface area contributed by atoms with E-state index < -0.39 is 0 Å². The van der Waals surface area contributed by atoms with Gasteiger partial charge in [0.15, 0.2) is 0 Å². The van der Waals surface area contributed by atoms with Crippen LogP contribution >= 0.6 is 0 Å². The van der Waals surface area contributed by atoms with Gasteiger partial charge < -0.3 is 29.3 Å². The number of nitrogens with one attached hydrogen (secondary N) is 1. The zero-order chi connectivity index (χ0) is 22.9. The maximum Gasteiger partial charge on any atom is 0.322 e. The van der Waals surface area contributed by atoms with Crippen LogP contribution < -0.4 is 19.5 Å². The third kappa shape index (κ3) is 5.65. The van der Waals surface area contributed by atoms with E-state index in [0.29, 0.717) is 24.6 Å². The van der Waals surface area contributed by atoms with E-state index in [0.717, 1.165) is 49.5 Å². The first-order valence-electron chi connectivity index (χ1n) is 11.3. The SMILES string of the molecule is CCN(CC)CCOc1ccccc1NC(=O)N1CCCC1c1cc(OC)ccc1OC. The Labute approximate surface area is 191 Å². The second-order valence-corrected chi connectivity index (χ2v) is 7.76. The average Bonchev–Trinajstić information content (AvgIpc) is 3.32. The molecule has 0 aliphatic carbocycles. The van der Waals surface area contributed by atoms with Crippen molar-refractivity contribution in [3.05, 3.63) is 48.0 Å². The van der Waals surface area contributed by atoms with E-state index in [1.807, 2.05) is 47.4 Å². The summed E-state index contributed by atoms with van der Waals surface area (Å²) in [6.45, 7) is 8.36. The molecular weight excluding hydrogens is 406 g/mol. The number of anilines is 1. The Hall–Kier alpha value is -2.93. The fourth-order valence-electron chi connectivity index (χ4n) is 4.14. The van der Waals surface area contributed by atoms with Crippen LogP contribution in [0.2, 0.25) is 0 Å². The molecule has 1 saturated heterocycles. The highest BCUT2D eigenvalue weighted by atomic mass is 16.5. The molecule has 1 aliphatic rings. The van der Waals surface area contributed by atoms with Crippen molar-refractivity contribution in [3.8, 4) is 17.2 Å². The molecule has 0 spiro atoms. The van der Waals surface area contributed by atoms with Gasteiger partial charge >= 0.3 is 6.03 Å². The summed E-state index contributed by atoms with van der Waals surface area (Å²) in [5, 5.41) is 3.06. The van der Waals surface area contributed by atoms with Gasteiger partial charge in [0.1, 0.15) is 23.9 Å². The van der Waals surface area contributed by atoms with Gasteiger partial charge in [-0.3, -0.25) is 0 Å². The van der Waals surface area contributed by atoms with Crippen LogP contribution in [0.15, 0.2) is 42.5 Å². The molecule has 0 bridgehead atoms. The molecule has 174 valence electrons. The first-order chi connectivity index (χ1) is 15.6. The first-order valence-corrected chi connectivity index (χ1v) is 11.3. The molecule has 2 amide bonds. The summed E-state index contributed by atoms with van der Waals surface area (Å²) in [6, 6.07) is 13.1. The number of methoxy groups -OCH3 is 2. The smallest absolute Gasteiger partial charge is 0.322 e. The molecule has 32 heavy (non-hydrogen) atoms. The summed E-state index contributed by atoms with van der Waals surface area (Å²) in [5.74, 6) is 2.19. The first kappa shape index (κ1) is 23.7. The Morgan fingerprint density at radius 3 is 2.59 bits per heavy atom. The monoisotopic (exact) mass is 441 g/mol. The Kier molecular flexibility index (Phi) is 8.62. The fraction of sp³-hybridized carbons (Fsp3) is 0.480. The molecule has 3 rings (SSSR count). The molecule has 0 aromatic heterocycles. The van der Waals surface area contributed by atoms with Crippen molar-refractivity contribution in [2.24, 2.45) is 0 Å². The Morgan fingerprint density at radius 1 is 1.09 bits per heavy atom. The van der Waals surface area contributed by atoms with Crippen molar-refractivity contribution in [1.29, 1.82) is 0 Å². The number of hydrogen-bond acceptors (Lipinski definition) is 5. The van der Waals surface area contributed by atoms with E-state index in [1.54, 1.807) is 14.2 Å². The molecule has 7 nitrogen and oxygen atoms in total. The Balaban J connectivity index is 1.72. The normalized spacial score (nSPS) is 15.7. The van der Waals surface area contributed by atoms with E-state index in [-0.39, 0.29) is 12.1 Å². The van der Waals surface area contributed by atoms with Crippen LogP contribution in [0.5, 0.6) is 17.2 Å². The number of benzene rings is 2. The lowest BCUT2D eigenvalue weighted by molar-refractivity contribution is 0.205. The highest BCUT2D eigenvalue weighted by Gasteiger charge is 2.32. The fourth-order valence-corrected chi connectivity index (χ4v) is 4.14. The second kappa shape index (κ2) is 11.6. The van der Waals surface area contributed by atoms with Gasteiger partial charge in [0, 0.05) is 18.7 Å². The topological polar surface area (TPSA) is 63.3 Å². The maximum absolute atomic E-state index is 13.3. The number of likely N-dealkylation sites (N-methyl/N-ethyl adjacent to an activating group) is 1. The predicted octanol–water partition coefficient (Wildman–Crippen LogP) is 4.79. The van der Waals surface area contributed by atoms with Gasteiger partial charge in [0.05, 0.1) is 25.9 Å². The third-order valence-corrected chi connectivity index (χ3v) is 6.00. The summed E-state index contributed by atoms with van der Waals surface area (Å²) in [5.41, 5.74) is 1.64. The zero-order valence-electron chi connectivity index (χ0n) is 19.6. The van der Waals surface area contributed by atoms with Crippen molar-refractivity contribution in [2.45, 2.75) is 32.7 Å². The van der Waals surface area contributed by atoms with E-state index in [1.165, 1.54) is 0 Å². The quantitative estimate of drug-likeness (QED) is 0.574. The molecule has 2 aromatic carbocycles. The summed E-state index contributed by atoms with van der Waals surface area (Å²) in [6.07, 6.45) is 1.80. The molecule has 1 aliphatic heterocycles. The van der Waals surface area contributed by atoms with E-state index in [9.17, 15) is 4.79 Å². The summed E-state index contributed by atoms with van der Waals surface area (Å²) in [4.78, 5) is 17.4. The lowest BCUT2D eigenvalue weighted by atomic mass is 10.0. The number of para-hydroxylation sites is 2. The van der Waals surface area contributed by atoms with Gasteiger partial charge in [-0.2, -0.15) is 0 Å². The molecule has 7 heteroatoms. The van der Waals surface area contributed by atoms with Gasteiger partial charge in [-0.15, -0.1) is 0 Å². The van der Waals surface area contributed by atoms with Crippen LogP contribution in [0, 0.1) is 0 Å². The number of amides is 2. The van der Waals surface area contributed by atoms with Crippen molar-refractivity contribution in [3.63, 3.8) is 0 Å². The number of carbonyl (C=O) groups is 1. The summed E-state index contributed by atoms with van der Waals surface area (Å²) < 4.78 is 17.0. The largest absolute Gasteiger partial charge is 0.497 e. The van der Waals surface area contributed by atoms with Crippen LogP contribution in [0.1, 0.15) is 38.3 Å². The number of hydrogen-bond donors (Lipinski definition) is 1. The van der Waals surface area contributed by atoms with E-state index in [2.05, 4.69) is 24.1 Å². The minimum absolute atomic E-state index is 0.0733. The van der Waals surface area contributed by atoms with Crippen LogP contribution in [-0.4, -0.2) is 62.8 Å². The highest BCUT2D eigenvalue weighted by molar-refractivity contribution is 5.91. The van der Waals surface area contributed by atoms with Gasteiger partial charge in [0.2, 0.25) is 0 Å². The van der Waals surface area contributed by atoms with Crippen molar-refractivity contribution in [1.82, 2.24) is 9.80 Å². The minimum atomic E-state index is -0.142. The van der Waals surface area contributed by atoms with E-state index >= 15 is 0 Å². The molecule has 0 saturated carbocycles. The van der Waals surface area contributed by atoms with Crippen molar-refractivity contribution < 1.29 is 19.0 Å². The third-order valence-electron chi connectivity index (χ3n) is 6.00. The van der Waals surface area contributed by atoms with Crippen LogP contribution in [0.3, 0.4) is 0 Å². The number of urea groups is 1. The second-order valence-electron chi connectivity index (χ2n) is 7.76. The molecular formula is C25H35N3O4. The zero-order valence-corrected chi connectivity index (χ0v) is 19.6.